The zero-order valence-electron chi connectivity index (χ0n) is 4.33. The molecule has 1 aromatic rings. The first-order chi connectivity index (χ1) is 4.25. The van der Waals surface area contributed by atoms with Crippen LogP contribution >= 0.6 is 0 Å². The molecular weight excluding hydrogens is 122 g/mol. The molecule has 3 N–H and O–H groups in total. The third-order valence-corrected chi connectivity index (χ3v) is 0.785. The van der Waals surface area contributed by atoms with Crippen molar-refractivity contribution in [3.05, 3.63) is 21.2 Å². The number of aromatic nitrogens is 2. The molecule has 0 aromatic carbocycles. The summed E-state index contributed by atoms with van der Waals surface area (Å²) in [7, 11) is 0. The van der Waals surface area contributed by atoms with Gasteiger partial charge in [-0.15, -0.1) is 10.2 Å². The molecular formula is C3H3N5O. The molecule has 1 heterocycles. The number of hydrogen-bond donors (Lipinski definition) is 2. The Morgan fingerprint density at radius 2 is 2.22 bits per heavy atom. The Hall–Kier alpha value is -1.59. The SMILES string of the molecule is N=c1nnc(=NN)c1=O. The van der Waals surface area contributed by atoms with Crippen LogP contribution in [0.1, 0.15) is 0 Å². The van der Waals surface area contributed by atoms with Gasteiger partial charge in [0, 0.05) is 0 Å². The van der Waals surface area contributed by atoms with E-state index in [4.69, 9.17) is 11.3 Å². The molecule has 46 valence electrons. The summed E-state index contributed by atoms with van der Waals surface area (Å²) in [5.41, 5.74) is -1.25. The fourth-order valence-electron chi connectivity index (χ4n) is 0.379. The molecule has 0 fully saturated rings. The third kappa shape index (κ3) is 0.693. The fraction of sp³-hybridized carbons (Fsp3) is 0. The van der Waals surface area contributed by atoms with Gasteiger partial charge in [0.25, 0.3) is 5.43 Å². The van der Waals surface area contributed by atoms with Crippen LogP contribution in [0, 0.1) is 5.41 Å². The highest BCUT2D eigenvalue weighted by molar-refractivity contribution is 4.76. The van der Waals surface area contributed by atoms with E-state index in [1.807, 2.05) is 0 Å². The monoisotopic (exact) mass is 125 g/mol. The Morgan fingerprint density at radius 1 is 1.56 bits per heavy atom. The lowest BCUT2D eigenvalue weighted by Gasteiger charge is -1.61. The highest BCUT2D eigenvalue weighted by Gasteiger charge is 1.95. The van der Waals surface area contributed by atoms with Crippen LogP contribution in [0.25, 0.3) is 0 Å². The van der Waals surface area contributed by atoms with E-state index in [-0.39, 0.29) is 5.49 Å². The van der Waals surface area contributed by atoms with Gasteiger partial charge in [-0.05, 0) is 0 Å². The molecule has 0 saturated heterocycles. The van der Waals surface area contributed by atoms with Crippen LogP contribution in [0.2, 0.25) is 0 Å². The van der Waals surface area contributed by atoms with E-state index in [0.717, 1.165) is 0 Å². The van der Waals surface area contributed by atoms with Crippen molar-refractivity contribution in [2.45, 2.75) is 0 Å². The molecule has 0 aliphatic carbocycles. The van der Waals surface area contributed by atoms with Gasteiger partial charge in [0.2, 0.25) is 11.0 Å². The minimum Gasteiger partial charge on any atom is -0.321 e. The summed E-state index contributed by atoms with van der Waals surface area (Å²) in [4.78, 5) is 10.5. The van der Waals surface area contributed by atoms with E-state index in [2.05, 4.69) is 15.3 Å². The first-order valence-corrected chi connectivity index (χ1v) is 2.08. The van der Waals surface area contributed by atoms with Crippen molar-refractivity contribution in [3.63, 3.8) is 0 Å². The van der Waals surface area contributed by atoms with E-state index in [1.165, 1.54) is 0 Å². The molecule has 0 unspecified atom stereocenters. The van der Waals surface area contributed by atoms with Crippen molar-refractivity contribution in [2.24, 2.45) is 10.9 Å². The molecule has 0 amide bonds. The number of nitrogens with one attached hydrogen (secondary N) is 1. The summed E-state index contributed by atoms with van der Waals surface area (Å²) in [6, 6.07) is 0. The van der Waals surface area contributed by atoms with E-state index < -0.39 is 10.9 Å². The Bertz CT molecular complexity index is 345. The molecule has 0 spiro atoms. The lowest BCUT2D eigenvalue weighted by atomic mass is 10.6. The molecule has 1 aromatic heterocycles. The van der Waals surface area contributed by atoms with Crippen LogP contribution in [0.3, 0.4) is 0 Å². The molecule has 0 saturated carbocycles. The zero-order chi connectivity index (χ0) is 6.85. The summed E-state index contributed by atoms with van der Waals surface area (Å²) in [6.07, 6.45) is 0. The van der Waals surface area contributed by atoms with Crippen molar-refractivity contribution in [1.29, 1.82) is 5.41 Å². The van der Waals surface area contributed by atoms with Gasteiger partial charge in [-0.2, -0.15) is 5.10 Å². The van der Waals surface area contributed by atoms with E-state index in [9.17, 15) is 4.79 Å². The van der Waals surface area contributed by atoms with Crippen molar-refractivity contribution in [1.82, 2.24) is 10.2 Å². The first kappa shape index (κ1) is 5.54. The number of hydrogen-bond acceptors (Lipinski definition) is 6. The average Bonchev–Trinajstić information content (AvgIpc) is 2.15. The highest BCUT2D eigenvalue weighted by Crippen LogP contribution is 1.33. The normalized spacial score (nSPS) is 12.2. The van der Waals surface area contributed by atoms with Crippen LogP contribution in [0.15, 0.2) is 9.90 Å². The zero-order valence-corrected chi connectivity index (χ0v) is 4.33. The lowest BCUT2D eigenvalue weighted by Crippen LogP contribution is -2.32. The highest BCUT2D eigenvalue weighted by atomic mass is 16.1. The van der Waals surface area contributed by atoms with Gasteiger partial charge in [-0.1, -0.05) is 0 Å². The van der Waals surface area contributed by atoms with Crippen molar-refractivity contribution < 1.29 is 0 Å². The maximum Gasteiger partial charge on any atom is 0.272 e. The number of rotatable bonds is 0. The fourth-order valence-corrected chi connectivity index (χ4v) is 0.379. The van der Waals surface area contributed by atoms with Crippen LogP contribution < -0.4 is 22.2 Å². The second kappa shape index (κ2) is 1.73. The van der Waals surface area contributed by atoms with Crippen LogP contribution in [0.5, 0.6) is 0 Å². The van der Waals surface area contributed by atoms with Gasteiger partial charge in [-0.25, -0.2) is 0 Å². The van der Waals surface area contributed by atoms with Crippen LogP contribution in [-0.2, 0) is 0 Å². The first-order valence-electron chi connectivity index (χ1n) is 2.08. The molecule has 0 aliphatic heterocycles. The van der Waals surface area contributed by atoms with Crippen molar-refractivity contribution >= 4 is 0 Å². The number of nitrogens with two attached hydrogens (primary N) is 1. The van der Waals surface area contributed by atoms with Gasteiger partial charge >= 0.3 is 0 Å². The molecule has 1 rings (SSSR count). The second-order valence-corrected chi connectivity index (χ2v) is 1.33. The quantitative estimate of drug-likeness (QED) is 0.284. The van der Waals surface area contributed by atoms with E-state index in [0.29, 0.717) is 0 Å². The second-order valence-electron chi connectivity index (χ2n) is 1.33. The lowest BCUT2D eigenvalue weighted by molar-refractivity contribution is 0.949. The minimum absolute atomic E-state index is 0.208. The summed E-state index contributed by atoms with van der Waals surface area (Å²) in [5.74, 6) is 4.70. The Morgan fingerprint density at radius 3 is 2.44 bits per heavy atom. The summed E-state index contributed by atoms with van der Waals surface area (Å²) < 4.78 is 0. The minimum atomic E-state index is -0.627. The largest absolute Gasteiger partial charge is 0.321 e. The molecule has 0 radical (unpaired) electrons. The molecule has 6 heteroatoms. The summed E-state index contributed by atoms with van der Waals surface area (Å²) in [5, 5.41) is 16.0. The molecule has 0 aliphatic rings. The average molecular weight is 125 g/mol. The smallest absolute Gasteiger partial charge is 0.272 e. The van der Waals surface area contributed by atoms with E-state index in [1.54, 1.807) is 0 Å². The van der Waals surface area contributed by atoms with Crippen LogP contribution in [-0.4, -0.2) is 10.2 Å². The van der Waals surface area contributed by atoms with Crippen LogP contribution in [0.4, 0.5) is 0 Å². The molecule has 0 bridgehead atoms. The summed E-state index contributed by atoms with van der Waals surface area (Å²) >= 11 is 0. The topological polar surface area (TPSA) is 105 Å². The predicted octanol–water partition coefficient (Wildman–Crippen LogP) is -3.03. The van der Waals surface area contributed by atoms with Gasteiger partial charge in [0.1, 0.15) is 0 Å². The third-order valence-electron chi connectivity index (χ3n) is 0.785. The molecule has 6 nitrogen and oxygen atoms in total. The Labute approximate surface area is 48.9 Å². The Kier molecular flexibility index (Phi) is 1.07. The number of nitrogens with zero attached hydrogens (tertiary/aromatic N) is 3. The Balaban J connectivity index is 3.78. The maximum atomic E-state index is 10.5. The van der Waals surface area contributed by atoms with E-state index >= 15 is 0 Å². The van der Waals surface area contributed by atoms with Crippen molar-refractivity contribution in [3.8, 4) is 0 Å². The van der Waals surface area contributed by atoms with Gasteiger partial charge in [0.15, 0.2) is 0 Å². The predicted molar refractivity (Wildman–Crippen MR) is 26.3 cm³/mol. The summed E-state index contributed by atoms with van der Waals surface area (Å²) in [6.45, 7) is 0. The maximum absolute atomic E-state index is 10.5. The van der Waals surface area contributed by atoms with Gasteiger partial charge in [-0.3, -0.25) is 10.2 Å². The van der Waals surface area contributed by atoms with Gasteiger partial charge in [0.05, 0.1) is 0 Å². The standard InChI is InChI=1S/C3H3N5O/c4-2-1(9)3(6-5)8-7-2/h4H,5H2. The molecule has 9 heavy (non-hydrogen) atoms. The van der Waals surface area contributed by atoms with Crippen molar-refractivity contribution in [2.75, 3.05) is 0 Å². The van der Waals surface area contributed by atoms with Gasteiger partial charge < -0.3 is 5.84 Å². The molecule has 0 atom stereocenters.